The van der Waals surface area contributed by atoms with Crippen molar-refractivity contribution >= 4 is 47.3 Å². The first-order valence-electron chi connectivity index (χ1n) is 17.5. The monoisotopic (exact) mass is 764 g/mol. The van der Waals surface area contributed by atoms with Crippen LogP contribution in [0.4, 0.5) is 0 Å². The number of hydrogen-bond acceptors (Lipinski definition) is 8. The van der Waals surface area contributed by atoms with Crippen molar-refractivity contribution in [2.75, 3.05) is 14.2 Å². The van der Waals surface area contributed by atoms with Gasteiger partial charge in [0.1, 0.15) is 11.7 Å². The summed E-state index contributed by atoms with van der Waals surface area (Å²) in [6, 6.07) is 37.6. The molecule has 0 bridgehead atoms. The van der Waals surface area contributed by atoms with E-state index in [-0.39, 0.29) is 35.4 Å². The highest BCUT2D eigenvalue weighted by molar-refractivity contribution is 5.97. The van der Waals surface area contributed by atoms with Crippen molar-refractivity contribution in [3.8, 4) is 0 Å². The third kappa shape index (κ3) is 21.0. The van der Waals surface area contributed by atoms with Crippen molar-refractivity contribution in [3.05, 3.63) is 156 Å². The molecule has 12 heteroatoms. The molecular weight excluding hydrogens is 713 g/mol. The summed E-state index contributed by atoms with van der Waals surface area (Å²) in [5.41, 5.74) is 4.63. The highest BCUT2D eigenvalue weighted by Crippen LogP contribution is 2.11. The zero-order valence-corrected chi connectivity index (χ0v) is 33.0. The lowest BCUT2D eigenvalue weighted by molar-refractivity contribution is -0.144. The molecule has 56 heavy (non-hydrogen) atoms. The first-order chi connectivity index (χ1) is 26.7. The normalized spacial score (nSPS) is 10.9. The second-order valence-electron chi connectivity index (χ2n) is 12.0. The molecule has 0 aromatic heterocycles. The first kappa shape index (κ1) is 47.2. The summed E-state index contributed by atoms with van der Waals surface area (Å²) < 4.78 is 9.20. The molecule has 0 aliphatic heterocycles. The Balaban J connectivity index is 0.000000377. The number of esters is 2. The lowest BCUT2D eigenvalue weighted by Crippen LogP contribution is -2.41. The summed E-state index contributed by atoms with van der Waals surface area (Å²) in [7, 11) is 2.57. The van der Waals surface area contributed by atoms with E-state index >= 15 is 0 Å². The lowest BCUT2D eigenvalue weighted by Gasteiger charge is -2.15. The van der Waals surface area contributed by atoms with Crippen molar-refractivity contribution in [2.24, 2.45) is 0 Å². The predicted molar refractivity (Wildman–Crippen MR) is 218 cm³/mol. The molecule has 0 aliphatic rings. The minimum Gasteiger partial charge on any atom is -0.467 e. The molecule has 0 radical (unpaired) electrons. The molecule has 0 aliphatic carbocycles. The van der Waals surface area contributed by atoms with Crippen LogP contribution in [-0.4, -0.2) is 55.8 Å². The quantitative estimate of drug-likeness (QED) is 0.108. The van der Waals surface area contributed by atoms with Crippen molar-refractivity contribution in [1.29, 1.82) is 0 Å². The van der Waals surface area contributed by atoms with Crippen LogP contribution in [0.5, 0.6) is 0 Å². The number of amides is 4. The molecule has 0 saturated heterocycles. The first-order valence-corrected chi connectivity index (χ1v) is 17.5. The summed E-state index contributed by atoms with van der Waals surface area (Å²) in [5.74, 6) is -1.65. The fraction of sp³-hybridized carbons (Fsp3) is 0.227. The van der Waals surface area contributed by atoms with Crippen LogP contribution in [0.3, 0.4) is 0 Å². The van der Waals surface area contributed by atoms with E-state index in [4.69, 9.17) is 0 Å². The maximum absolute atomic E-state index is 11.4. The Bertz CT molecular complexity index is 1870. The van der Waals surface area contributed by atoms with Gasteiger partial charge in [0.25, 0.3) is 0 Å². The SMILES string of the molecule is C=C(NC(C)=O)c1ccccc1.CC(=O)N[C@H](C)c1ccccc1.COC(=O)/C(=C\c1ccccc1)NC(C)=O.COC(=O)[C@H](Cc1ccccc1)NC(C)=O. The Labute approximate surface area is 329 Å². The second kappa shape index (κ2) is 26.9. The number of methoxy groups -OCH3 is 2. The number of nitrogens with one attached hydrogen (secondary N) is 4. The highest BCUT2D eigenvalue weighted by atomic mass is 16.5. The number of carbonyl (C=O) groups excluding carboxylic acids is 6. The van der Waals surface area contributed by atoms with E-state index in [0.717, 1.165) is 22.3 Å². The molecule has 4 aromatic rings. The highest BCUT2D eigenvalue weighted by Gasteiger charge is 2.20. The molecule has 4 amide bonds. The summed E-state index contributed by atoms with van der Waals surface area (Å²) in [4.78, 5) is 66.0. The van der Waals surface area contributed by atoms with Crippen molar-refractivity contribution in [1.82, 2.24) is 21.3 Å². The topological polar surface area (TPSA) is 169 Å². The van der Waals surface area contributed by atoms with E-state index in [0.29, 0.717) is 12.1 Å². The molecule has 4 aromatic carbocycles. The lowest BCUT2D eigenvalue weighted by atomic mass is 10.1. The van der Waals surface area contributed by atoms with Gasteiger partial charge in [-0.25, -0.2) is 9.59 Å². The van der Waals surface area contributed by atoms with Crippen LogP contribution in [0.25, 0.3) is 11.8 Å². The molecule has 0 spiro atoms. The van der Waals surface area contributed by atoms with Crippen LogP contribution in [0.1, 0.15) is 62.9 Å². The third-order valence-corrected chi connectivity index (χ3v) is 7.14. The number of benzene rings is 4. The minimum atomic E-state index is -0.620. The summed E-state index contributed by atoms with van der Waals surface area (Å²) in [5, 5.41) is 10.4. The van der Waals surface area contributed by atoms with Gasteiger partial charge in [-0.15, -0.1) is 0 Å². The van der Waals surface area contributed by atoms with Gasteiger partial charge < -0.3 is 30.7 Å². The van der Waals surface area contributed by atoms with Crippen LogP contribution >= 0.6 is 0 Å². The van der Waals surface area contributed by atoms with Gasteiger partial charge in [-0.1, -0.05) is 128 Å². The Hall–Kier alpha value is -6.82. The van der Waals surface area contributed by atoms with E-state index in [2.05, 4.69) is 37.3 Å². The average Bonchev–Trinajstić information content (AvgIpc) is 3.18. The van der Waals surface area contributed by atoms with Gasteiger partial charge in [-0.3, -0.25) is 19.2 Å². The van der Waals surface area contributed by atoms with Gasteiger partial charge >= 0.3 is 11.9 Å². The van der Waals surface area contributed by atoms with E-state index in [1.165, 1.54) is 41.9 Å². The smallest absolute Gasteiger partial charge is 0.354 e. The Morgan fingerprint density at radius 1 is 0.607 bits per heavy atom. The zero-order chi connectivity index (χ0) is 41.9. The molecule has 12 nitrogen and oxygen atoms in total. The summed E-state index contributed by atoms with van der Waals surface area (Å²) in [6.07, 6.45) is 2.00. The van der Waals surface area contributed by atoms with E-state index in [9.17, 15) is 28.8 Å². The van der Waals surface area contributed by atoms with Gasteiger partial charge in [0.2, 0.25) is 23.6 Å². The van der Waals surface area contributed by atoms with E-state index < -0.39 is 18.0 Å². The average molecular weight is 765 g/mol. The zero-order valence-electron chi connectivity index (χ0n) is 33.0. The predicted octanol–water partition coefficient (Wildman–Crippen LogP) is 5.92. The maximum atomic E-state index is 11.4. The van der Waals surface area contributed by atoms with Gasteiger partial charge in [-0.2, -0.15) is 0 Å². The number of ether oxygens (including phenoxy) is 2. The number of carbonyl (C=O) groups is 6. The minimum absolute atomic E-state index is 0.00588. The van der Waals surface area contributed by atoms with Crippen LogP contribution < -0.4 is 21.3 Å². The molecule has 0 fully saturated rings. The molecule has 0 saturated carbocycles. The van der Waals surface area contributed by atoms with Crippen LogP contribution in [0.2, 0.25) is 0 Å². The summed E-state index contributed by atoms with van der Waals surface area (Å²) >= 11 is 0. The standard InChI is InChI=1S/C12H15NO3.C12H13NO3.C10H13NO.C10H11NO/c2*1-9(14)13-11(12(15)16-2)8-10-6-4-3-5-7-10;2*1-8(11-9(2)12)10-6-4-3-5-7-10/h3-7,11H,8H2,1-2H3,(H,13,14);3-8H,1-2H3,(H,13,14);3-8H,1-2H3,(H,11,12);3-7H,1H2,2H3,(H,11,12)/b;11-8+;;/t11-;;8-;/m0.1./s1. The fourth-order valence-electron chi connectivity index (χ4n) is 4.65. The fourth-order valence-corrected chi connectivity index (χ4v) is 4.65. The van der Waals surface area contributed by atoms with Crippen LogP contribution in [0.15, 0.2) is 134 Å². The Morgan fingerprint density at radius 2 is 1.07 bits per heavy atom. The second-order valence-corrected chi connectivity index (χ2v) is 12.0. The molecule has 296 valence electrons. The van der Waals surface area contributed by atoms with E-state index in [1.807, 2.05) is 128 Å². The number of hydrogen-bond donors (Lipinski definition) is 4. The Morgan fingerprint density at radius 3 is 1.52 bits per heavy atom. The van der Waals surface area contributed by atoms with Gasteiger partial charge in [-0.05, 0) is 35.3 Å². The third-order valence-electron chi connectivity index (χ3n) is 7.14. The van der Waals surface area contributed by atoms with Gasteiger partial charge in [0.05, 0.1) is 20.3 Å². The number of rotatable bonds is 11. The molecule has 4 N–H and O–H groups in total. The van der Waals surface area contributed by atoms with Gasteiger partial charge in [0.15, 0.2) is 0 Å². The molecular formula is C44H52N4O8. The maximum Gasteiger partial charge on any atom is 0.354 e. The van der Waals surface area contributed by atoms with Gasteiger partial charge in [0, 0.05) is 39.8 Å². The van der Waals surface area contributed by atoms with Crippen molar-refractivity contribution in [3.63, 3.8) is 0 Å². The Kier molecular flexibility index (Phi) is 22.6. The largest absolute Gasteiger partial charge is 0.467 e. The van der Waals surface area contributed by atoms with Crippen LogP contribution in [0, 0.1) is 0 Å². The van der Waals surface area contributed by atoms with Crippen molar-refractivity contribution in [2.45, 2.75) is 53.1 Å². The van der Waals surface area contributed by atoms with E-state index in [1.54, 1.807) is 6.08 Å². The van der Waals surface area contributed by atoms with Crippen molar-refractivity contribution < 1.29 is 38.2 Å². The molecule has 0 unspecified atom stereocenters. The molecule has 4 rings (SSSR count). The van der Waals surface area contributed by atoms with Crippen LogP contribution in [-0.2, 0) is 44.7 Å². The summed E-state index contributed by atoms with van der Waals surface area (Å²) in [6.45, 7) is 11.4. The molecule has 0 heterocycles. The molecule has 2 atom stereocenters.